The number of ether oxygens (including phenoxy) is 1. The van der Waals surface area contributed by atoms with Gasteiger partial charge < -0.3 is 20.3 Å². The number of phenols is 1. The van der Waals surface area contributed by atoms with Crippen LogP contribution >= 0.6 is 0 Å². The van der Waals surface area contributed by atoms with Crippen molar-refractivity contribution in [3.8, 4) is 5.75 Å². The van der Waals surface area contributed by atoms with Gasteiger partial charge >= 0.3 is 0 Å². The van der Waals surface area contributed by atoms with Crippen molar-refractivity contribution in [2.45, 2.75) is 19.1 Å². The highest BCUT2D eigenvalue weighted by atomic mass is 16.5. The van der Waals surface area contributed by atoms with Gasteiger partial charge in [0.05, 0.1) is 19.3 Å². The van der Waals surface area contributed by atoms with Crippen LogP contribution in [0.5, 0.6) is 5.75 Å². The summed E-state index contributed by atoms with van der Waals surface area (Å²) in [6.07, 6.45) is -0.822. The molecule has 21 heavy (non-hydrogen) atoms. The van der Waals surface area contributed by atoms with Crippen molar-refractivity contribution < 1.29 is 19.7 Å². The number of nitrogens with one attached hydrogen (secondary N) is 1. The predicted octanol–water partition coefficient (Wildman–Crippen LogP) is 0.263. The number of aliphatic hydroxyl groups excluding tert-OH is 1. The second kappa shape index (κ2) is 7.40. The van der Waals surface area contributed by atoms with Crippen molar-refractivity contribution in [1.82, 2.24) is 10.2 Å². The lowest BCUT2D eigenvalue weighted by molar-refractivity contribution is -0.120. The lowest BCUT2D eigenvalue weighted by atomic mass is 10.0. The monoisotopic (exact) mass is 294 g/mol. The fourth-order valence-electron chi connectivity index (χ4n) is 2.45. The minimum Gasteiger partial charge on any atom is -0.508 e. The smallest absolute Gasteiger partial charge is 0.217 e. The van der Waals surface area contributed by atoms with Gasteiger partial charge in [-0.25, -0.2) is 0 Å². The highest BCUT2D eigenvalue weighted by Crippen LogP contribution is 2.20. The maximum atomic E-state index is 11.4. The molecule has 6 nitrogen and oxygen atoms in total. The van der Waals surface area contributed by atoms with E-state index in [1.54, 1.807) is 12.1 Å². The normalized spacial score (nSPS) is 19.0. The number of carbonyl (C=O) groups excluding carboxylic acids is 1. The van der Waals surface area contributed by atoms with Gasteiger partial charge in [-0.1, -0.05) is 12.1 Å². The van der Waals surface area contributed by atoms with Crippen LogP contribution in [0.25, 0.3) is 0 Å². The van der Waals surface area contributed by atoms with E-state index in [4.69, 9.17) is 4.74 Å². The van der Waals surface area contributed by atoms with E-state index >= 15 is 0 Å². The first-order valence-corrected chi connectivity index (χ1v) is 7.10. The van der Waals surface area contributed by atoms with Crippen LogP contribution in [0, 0.1) is 0 Å². The Morgan fingerprint density at radius 1 is 1.33 bits per heavy atom. The molecule has 0 saturated carbocycles. The molecule has 0 aromatic heterocycles. The number of phenolic OH excluding ortho intramolecular Hbond substituents is 1. The van der Waals surface area contributed by atoms with Crippen LogP contribution in [0.3, 0.4) is 0 Å². The van der Waals surface area contributed by atoms with Gasteiger partial charge in [0.1, 0.15) is 11.9 Å². The van der Waals surface area contributed by atoms with Crippen LogP contribution in [0.1, 0.15) is 18.6 Å². The molecule has 2 rings (SSSR count). The van der Waals surface area contributed by atoms with E-state index in [2.05, 4.69) is 10.2 Å². The van der Waals surface area contributed by atoms with Crippen LogP contribution in [0.15, 0.2) is 24.3 Å². The van der Waals surface area contributed by atoms with E-state index < -0.39 is 12.1 Å². The van der Waals surface area contributed by atoms with Gasteiger partial charge in [0.2, 0.25) is 5.91 Å². The first-order valence-electron chi connectivity index (χ1n) is 7.10. The maximum absolute atomic E-state index is 11.4. The number of hydrogen-bond acceptors (Lipinski definition) is 5. The number of amides is 1. The van der Waals surface area contributed by atoms with Gasteiger partial charge in [0.25, 0.3) is 0 Å². The van der Waals surface area contributed by atoms with E-state index in [1.165, 1.54) is 19.1 Å². The molecule has 1 fully saturated rings. The molecule has 0 radical (unpaired) electrons. The maximum Gasteiger partial charge on any atom is 0.217 e. The number of nitrogens with zero attached hydrogens (tertiary/aromatic N) is 1. The molecule has 1 heterocycles. The summed E-state index contributed by atoms with van der Waals surface area (Å²) in [5.41, 5.74) is 0.666. The van der Waals surface area contributed by atoms with Crippen LogP contribution in [0.4, 0.5) is 0 Å². The predicted molar refractivity (Wildman–Crippen MR) is 77.9 cm³/mol. The third kappa shape index (κ3) is 4.70. The number of rotatable bonds is 5. The van der Waals surface area contributed by atoms with Crippen LogP contribution in [-0.4, -0.2) is 59.9 Å². The standard InChI is InChI=1S/C15H22N2O4/c1-11(18)16-14(10-17-6-8-21-9-7-17)15(20)12-2-4-13(19)5-3-12/h2-5,14-15,19-20H,6-10H2,1H3,(H,16,18). The van der Waals surface area contributed by atoms with E-state index in [1.807, 2.05) is 0 Å². The fourth-order valence-corrected chi connectivity index (χ4v) is 2.45. The molecule has 6 heteroatoms. The largest absolute Gasteiger partial charge is 0.508 e. The second-order valence-corrected chi connectivity index (χ2v) is 5.26. The topological polar surface area (TPSA) is 82.0 Å². The summed E-state index contributed by atoms with van der Waals surface area (Å²) in [5, 5.41) is 22.6. The van der Waals surface area contributed by atoms with Gasteiger partial charge in [-0.3, -0.25) is 9.69 Å². The van der Waals surface area contributed by atoms with Crippen molar-refractivity contribution >= 4 is 5.91 Å². The van der Waals surface area contributed by atoms with Gasteiger partial charge in [-0.15, -0.1) is 0 Å². The van der Waals surface area contributed by atoms with Crippen LogP contribution in [-0.2, 0) is 9.53 Å². The Labute approximate surface area is 124 Å². The van der Waals surface area contributed by atoms with E-state index in [-0.39, 0.29) is 11.7 Å². The number of morpholine rings is 1. The first kappa shape index (κ1) is 15.8. The van der Waals surface area contributed by atoms with Crippen molar-refractivity contribution in [2.24, 2.45) is 0 Å². The Balaban J connectivity index is 2.06. The van der Waals surface area contributed by atoms with Crippen molar-refractivity contribution in [1.29, 1.82) is 0 Å². The Kier molecular flexibility index (Phi) is 5.55. The van der Waals surface area contributed by atoms with Crippen LogP contribution in [0.2, 0.25) is 0 Å². The zero-order valence-corrected chi connectivity index (χ0v) is 12.2. The lowest BCUT2D eigenvalue weighted by Gasteiger charge is -2.33. The molecule has 1 amide bonds. The lowest BCUT2D eigenvalue weighted by Crippen LogP contribution is -2.49. The SMILES string of the molecule is CC(=O)NC(CN1CCOCC1)C(O)c1ccc(O)cc1. The number of aromatic hydroxyl groups is 1. The molecule has 1 saturated heterocycles. The molecule has 1 aliphatic rings. The Bertz CT molecular complexity index is 457. The molecule has 1 aliphatic heterocycles. The highest BCUT2D eigenvalue weighted by molar-refractivity contribution is 5.73. The Hall–Kier alpha value is -1.63. The van der Waals surface area contributed by atoms with Gasteiger partial charge in [-0.2, -0.15) is 0 Å². The molecule has 0 spiro atoms. The number of aliphatic hydroxyl groups is 1. The average Bonchev–Trinajstić information content (AvgIpc) is 2.47. The van der Waals surface area contributed by atoms with E-state index in [0.717, 1.165) is 13.1 Å². The summed E-state index contributed by atoms with van der Waals surface area (Å²) < 4.78 is 5.30. The average molecular weight is 294 g/mol. The summed E-state index contributed by atoms with van der Waals surface area (Å²) in [5.74, 6) is -0.0266. The van der Waals surface area contributed by atoms with Crippen molar-refractivity contribution in [2.75, 3.05) is 32.8 Å². The molecule has 116 valence electrons. The number of hydrogen-bond donors (Lipinski definition) is 3. The molecular weight excluding hydrogens is 272 g/mol. The zero-order valence-electron chi connectivity index (χ0n) is 12.2. The molecule has 2 unspecified atom stereocenters. The van der Waals surface area contributed by atoms with Crippen molar-refractivity contribution in [3.63, 3.8) is 0 Å². The molecule has 0 aliphatic carbocycles. The molecular formula is C15H22N2O4. The summed E-state index contributed by atoms with van der Waals surface area (Å²) in [6.45, 7) is 4.92. The zero-order chi connectivity index (χ0) is 15.2. The van der Waals surface area contributed by atoms with E-state index in [0.29, 0.717) is 25.3 Å². The minimum absolute atomic E-state index is 0.148. The fraction of sp³-hybridized carbons (Fsp3) is 0.533. The Morgan fingerprint density at radius 2 is 1.95 bits per heavy atom. The number of carbonyl (C=O) groups is 1. The molecule has 3 N–H and O–H groups in total. The van der Waals surface area contributed by atoms with Gasteiger partial charge in [0, 0.05) is 26.6 Å². The summed E-state index contributed by atoms with van der Waals surface area (Å²) in [6, 6.07) is 5.98. The molecule has 1 aromatic carbocycles. The van der Waals surface area contributed by atoms with Crippen molar-refractivity contribution in [3.05, 3.63) is 29.8 Å². The summed E-state index contributed by atoms with van der Waals surface area (Å²) >= 11 is 0. The minimum atomic E-state index is -0.822. The third-order valence-electron chi connectivity index (χ3n) is 3.56. The number of benzene rings is 1. The highest BCUT2D eigenvalue weighted by Gasteiger charge is 2.25. The van der Waals surface area contributed by atoms with Crippen LogP contribution < -0.4 is 5.32 Å². The van der Waals surface area contributed by atoms with E-state index in [9.17, 15) is 15.0 Å². The second-order valence-electron chi connectivity index (χ2n) is 5.26. The summed E-state index contributed by atoms with van der Waals surface area (Å²) in [7, 11) is 0. The molecule has 0 bridgehead atoms. The molecule has 2 atom stereocenters. The van der Waals surface area contributed by atoms with Gasteiger partial charge in [0.15, 0.2) is 0 Å². The quantitative estimate of drug-likeness (QED) is 0.726. The third-order valence-corrected chi connectivity index (χ3v) is 3.56. The Morgan fingerprint density at radius 3 is 2.52 bits per heavy atom. The summed E-state index contributed by atoms with van der Waals surface area (Å²) in [4.78, 5) is 13.5. The first-order chi connectivity index (χ1) is 10.1. The van der Waals surface area contributed by atoms with Gasteiger partial charge in [-0.05, 0) is 17.7 Å². The molecule has 1 aromatic rings.